The number of aromatic nitrogens is 2. The Morgan fingerprint density at radius 2 is 2.00 bits per heavy atom. The lowest BCUT2D eigenvalue weighted by Crippen LogP contribution is -2.35. The molecule has 3 heterocycles. The average molecular weight is 346 g/mol. The highest BCUT2D eigenvalue weighted by atomic mass is 32.2. The molecule has 0 amide bonds. The minimum absolute atomic E-state index is 0.304. The summed E-state index contributed by atoms with van der Waals surface area (Å²) < 4.78 is 29.2. The maximum absolute atomic E-state index is 13.0. The van der Waals surface area contributed by atoms with Gasteiger partial charge in [-0.3, -0.25) is 4.68 Å². The van der Waals surface area contributed by atoms with Gasteiger partial charge in [-0.2, -0.15) is 9.40 Å². The molecule has 2 saturated heterocycles. The minimum Gasteiger partial charge on any atom is -0.312 e. The molecule has 2 aliphatic rings. The summed E-state index contributed by atoms with van der Waals surface area (Å²) in [6.07, 6.45) is 3.40. The third-order valence-corrected chi connectivity index (χ3v) is 6.92. The van der Waals surface area contributed by atoms with Crippen molar-refractivity contribution in [2.75, 3.05) is 19.6 Å². The van der Waals surface area contributed by atoms with Crippen molar-refractivity contribution in [3.8, 4) is 0 Å². The van der Waals surface area contributed by atoms with Crippen LogP contribution in [0.25, 0.3) is 0 Å². The van der Waals surface area contributed by atoms with Crippen molar-refractivity contribution in [2.24, 2.45) is 5.92 Å². The maximum atomic E-state index is 13.0. The van der Waals surface area contributed by atoms with E-state index in [2.05, 4.69) is 10.4 Å². The van der Waals surface area contributed by atoms with E-state index >= 15 is 0 Å². The molecule has 0 radical (unpaired) electrons. The van der Waals surface area contributed by atoms with Crippen molar-refractivity contribution in [2.45, 2.75) is 30.5 Å². The highest BCUT2D eigenvalue weighted by molar-refractivity contribution is 7.89. The maximum Gasteiger partial charge on any atom is 0.260 e. The molecule has 6 nitrogen and oxygen atoms in total. The average Bonchev–Trinajstić information content (AvgIpc) is 3.29. The molecular formula is C17H22N4O2S. The monoisotopic (exact) mass is 346 g/mol. The molecule has 2 atom stereocenters. The van der Waals surface area contributed by atoms with E-state index in [1.807, 2.05) is 30.3 Å². The van der Waals surface area contributed by atoms with E-state index in [1.165, 1.54) is 5.56 Å². The lowest BCUT2D eigenvalue weighted by molar-refractivity contribution is 0.435. The minimum atomic E-state index is -3.48. The zero-order chi connectivity index (χ0) is 16.6. The highest BCUT2D eigenvalue weighted by Gasteiger charge is 2.42. The van der Waals surface area contributed by atoms with E-state index in [9.17, 15) is 8.42 Å². The lowest BCUT2D eigenvalue weighted by atomic mass is 10.1. The predicted octanol–water partition coefficient (Wildman–Crippen LogP) is 1.11. The number of nitrogens with zero attached hydrogens (tertiary/aromatic N) is 3. The van der Waals surface area contributed by atoms with Gasteiger partial charge >= 0.3 is 0 Å². The molecule has 4 rings (SSSR count). The molecule has 0 aliphatic carbocycles. The standard InChI is InChI=1S/C17H22N4O2S/c22-24(23,20-12-15-6-9-18-16(15)13-20)17-7-10-19-21(17)11-8-14-4-2-1-3-5-14/h1-5,7,10,15-16,18H,6,8-9,11-13H2/t15-,16+/m0/s1. The van der Waals surface area contributed by atoms with Gasteiger partial charge in [0.15, 0.2) is 5.03 Å². The first-order valence-corrected chi connectivity index (χ1v) is 9.88. The number of hydrogen-bond donors (Lipinski definition) is 1. The molecule has 7 heteroatoms. The summed E-state index contributed by atoms with van der Waals surface area (Å²) in [5, 5.41) is 7.94. The van der Waals surface area contributed by atoms with E-state index < -0.39 is 10.0 Å². The first-order valence-electron chi connectivity index (χ1n) is 8.44. The zero-order valence-corrected chi connectivity index (χ0v) is 14.3. The van der Waals surface area contributed by atoms with E-state index in [0.29, 0.717) is 36.6 Å². The largest absolute Gasteiger partial charge is 0.312 e. The van der Waals surface area contributed by atoms with Gasteiger partial charge in [-0.15, -0.1) is 0 Å². The van der Waals surface area contributed by atoms with Gasteiger partial charge in [0, 0.05) is 25.7 Å². The Bertz CT molecular complexity index is 791. The third kappa shape index (κ3) is 2.87. The van der Waals surface area contributed by atoms with Crippen LogP contribution in [-0.2, 0) is 23.0 Å². The highest BCUT2D eigenvalue weighted by Crippen LogP contribution is 2.29. The Kier molecular flexibility index (Phi) is 4.15. The van der Waals surface area contributed by atoms with Gasteiger partial charge in [0.05, 0.1) is 6.20 Å². The molecule has 2 aliphatic heterocycles. The van der Waals surface area contributed by atoms with E-state index in [4.69, 9.17) is 0 Å². The summed E-state index contributed by atoms with van der Waals surface area (Å²) in [6, 6.07) is 12.0. The molecule has 0 saturated carbocycles. The fraction of sp³-hybridized carbons (Fsp3) is 0.471. The smallest absolute Gasteiger partial charge is 0.260 e. The Labute approximate surface area is 142 Å². The van der Waals surface area contributed by atoms with Crippen molar-refractivity contribution in [1.82, 2.24) is 19.4 Å². The van der Waals surface area contributed by atoms with Crippen molar-refractivity contribution in [3.63, 3.8) is 0 Å². The molecule has 24 heavy (non-hydrogen) atoms. The number of benzene rings is 1. The fourth-order valence-corrected chi connectivity index (χ4v) is 5.37. The molecule has 2 aromatic rings. The van der Waals surface area contributed by atoms with Crippen LogP contribution in [0.15, 0.2) is 47.6 Å². The first kappa shape index (κ1) is 15.8. The zero-order valence-electron chi connectivity index (χ0n) is 13.5. The van der Waals surface area contributed by atoms with Crippen LogP contribution < -0.4 is 5.32 Å². The Hall–Kier alpha value is -1.70. The summed E-state index contributed by atoms with van der Waals surface area (Å²) in [6.45, 7) is 2.74. The van der Waals surface area contributed by atoms with Crippen molar-refractivity contribution >= 4 is 10.0 Å². The van der Waals surface area contributed by atoms with Crippen LogP contribution in [-0.4, -0.2) is 48.2 Å². The molecule has 1 aromatic carbocycles. The first-order chi connectivity index (χ1) is 11.6. The SMILES string of the molecule is O=S(=O)(c1ccnn1CCc1ccccc1)N1C[C@@H]2CCN[C@@H]2C1. The van der Waals surface area contributed by atoms with Gasteiger partial charge in [0.2, 0.25) is 0 Å². The Morgan fingerprint density at radius 1 is 1.17 bits per heavy atom. The van der Waals surface area contributed by atoms with Gasteiger partial charge in [0.1, 0.15) is 0 Å². The fourth-order valence-electron chi connectivity index (χ4n) is 3.73. The number of nitrogens with one attached hydrogen (secondary N) is 1. The molecule has 1 N–H and O–H groups in total. The second-order valence-corrected chi connectivity index (χ2v) is 8.44. The van der Waals surface area contributed by atoms with Crippen LogP contribution in [0.1, 0.15) is 12.0 Å². The molecule has 0 unspecified atom stereocenters. The van der Waals surface area contributed by atoms with Gasteiger partial charge in [-0.1, -0.05) is 30.3 Å². The molecule has 0 bridgehead atoms. The topological polar surface area (TPSA) is 67.2 Å². The normalized spacial score (nSPS) is 24.3. The van der Waals surface area contributed by atoms with Crippen LogP contribution in [0, 0.1) is 5.92 Å². The second kappa shape index (κ2) is 6.31. The van der Waals surface area contributed by atoms with Crippen LogP contribution in [0.3, 0.4) is 0 Å². The van der Waals surface area contributed by atoms with Crippen LogP contribution in [0.5, 0.6) is 0 Å². The van der Waals surface area contributed by atoms with Gasteiger partial charge < -0.3 is 5.32 Å². The molecular weight excluding hydrogens is 324 g/mol. The second-order valence-electron chi connectivity index (χ2n) is 6.56. The molecule has 1 aromatic heterocycles. The number of sulfonamides is 1. The number of hydrogen-bond acceptors (Lipinski definition) is 4. The number of fused-ring (bicyclic) bond motifs is 1. The summed E-state index contributed by atoms with van der Waals surface area (Å²) >= 11 is 0. The summed E-state index contributed by atoms with van der Waals surface area (Å²) in [4.78, 5) is 0. The van der Waals surface area contributed by atoms with Gasteiger partial charge in [-0.25, -0.2) is 8.42 Å². The van der Waals surface area contributed by atoms with Crippen molar-refractivity contribution in [3.05, 3.63) is 48.2 Å². The Balaban J connectivity index is 1.51. The van der Waals surface area contributed by atoms with Crippen LogP contribution in [0.4, 0.5) is 0 Å². The predicted molar refractivity (Wildman–Crippen MR) is 91.0 cm³/mol. The number of aryl methyl sites for hydroxylation is 2. The quantitative estimate of drug-likeness (QED) is 0.881. The van der Waals surface area contributed by atoms with E-state index in [-0.39, 0.29) is 0 Å². The Morgan fingerprint density at radius 3 is 2.79 bits per heavy atom. The molecule has 2 fully saturated rings. The lowest BCUT2D eigenvalue weighted by Gasteiger charge is -2.18. The molecule has 0 spiro atoms. The van der Waals surface area contributed by atoms with E-state index in [0.717, 1.165) is 19.4 Å². The van der Waals surface area contributed by atoms with E-state index in [1.54, 1.807) is 21.3 Å². The summed E-state index contributed by atoms with van der Waals surface area (Å²) in [7, 11) is -3.48. The van der Waals surface area contributed by atoms with Gasteiger partial charge in [0.25, 0.3) is 10.0 Å². The van der Waals surface area contributed by atoms with Gasteiger partial charge in [-0.05, 0) is 36.9 Å². The summed E-state index contributed by atoms with van der Waals surface area (Å²) in [5.41, 5.74) is 1.18. The summed E-state index contributed by atoms with van der Waals surface area (Å²) in [5.74, 6) is 0.445. The van der Waals surface area contributed by atoms with Crippen LogP contribution in [0.2, 0.25) is 0 Å². The van der Waals surface area contributed by atoms with Crippen molar-refractivity contribution in [1.29, 1.82) is 0 Å². The molecule has 128 valence electrons. The van der Waals surface area contributed by atoms with Crippen LogP contribution >= 0.6 is 0 Å². The third-order valence-electron chi connectivity index (χ3n) is 5.07. The van der Waals surface area contributed by atoms with Crippen molar-refractivity contribution < 1.29 is 8.42 Å². The number of rotatable bonds is 5.